The van der Waals surface area contributed by atoms with Crippen LogP contribution in [0.25, 0.3) is 0 Å². The van der Waals surface area contributed by atoms with Gasteiger partial charge in [0, 0.05) is 6.42 Å². The number of nitriles is 1. The van der Waals surface area contributed by atoms with E-state index in [1.54, 1.807) is 0 Å². The minimum atomic E-state index is -5.19. The van der Waals surface area contributed by atoms with Crippen LogP contribution in [-0.4, -0.2) is 31.8 Å². The van der Waals surface area contributed by atoms with Crippen LogP contribution < -0.4 is 0 Å². The van der Waals surface area contributed by atoms with Crippen molar-refractivity contribution in [3.63, 3.8) is 0 Å². The number of nitrogens with zero attached hydrogens (tertiary/aromatic N) is 1. The molecule has 0 saturated carbocycles. The highest BCUT2D eigenvalue weighted by atomic mass is 19.4. The first-order chi connectivity index (χ1) is 8.27. The highest BCUT2D eigenvalue weighted by molar-refractivity contribution is 6.01. The highest BCUT2D eigenvalue weighted by Crippen LogP contribution is 2.44. The molecule has 0 bridgehead atoms. The quantitative estimate of drug-likeness (QED) is 0.558. The lowest BCUT2D eigenvalue weighted by atomic mass is 9.82. The van der Waals surface area contributed by atoms with Gasteiger partial charge in [-0.3, -0.25) is 9.59 Å². The Morgan fingerprint density at radius 3 is 2.17 bits per heavy atom. The van der Waals surface area contributed by atoms with E-state index in [1.165, 1.54) is 13.0 Å². The molecule has 0 heterocycles. The summed E-state index contributed by atoms with van der Waals surface area (Å²) in [6.45, 7) is 0.987. The number of carbonyl (C=O) groups is 2. The molecule has 0 radical (unpaired) electrons. The number of esters is 2. The van der Waals surface area contributed by atoms with Gasteiger partial charge in [0.2, 0.25) is 0 Å². The van der Waals surface area contributed by atoms with Crippen LogP contribution in [0, 0.1) is 16.7 Å². The zero-order valence-electron chi connectivity index (χ0n) is 9.84. The van der Waals surface area contributed by atoms with Crippen LogP contribution in [0.2, 0.25) is 0 Å². The number of ether oxygens (including phenoxy) is 2. The van der Waals surface area contributed by atoms with Crippen molar-refractivity contribution < 1.29 is 32.2 Å². The van der Waals surface area contributed by atoms with Gasteiger partial charge in [0.1, 0.15) is 0 Å². The molecule has 1 atom stereocenters. The number of alkyl halides is 3. The van der Waals surface area contributed by atoms with Crippen molar-refractivity contribution in [2.75, 3.05) is 13.7 Å². The average Bonchev–Trinajstić information content (AvgIpc) is 2.28. The standard InChI is InChI=1S/C10H12F3NO4/c1-3-18-8(16)9(5-4-6-14,7(15)17-2)10(11,12)13/h3-5H2,1-2H3. The zero-order valence-corrected chi connectivity index (χ0v) is 9.84. The predicted octanol–water partition coefficient (Wildman–Crippen LogP) is 1.57. The van der Waals surface area contributed by atoms with Gasteiger partial charge in [0.25, 0.3) is 5.41 Å². The van der Waals surface area contributed by atoms with E-state index in [1.807, 2.05) is 0 Å². The molecule has 0 N–H and O–H groups in total. The Morgan fingerprint density at radius 2 is 1.83 bits per heavy atom. The minimum Gasteiger partial charge on any atom is -0.468 e. The van der Waals surface area contributed by atoms with E-state index in [0.29, 0.717) is 0 Å². The molecule has 0 fully saturated rings. The Morgan fingerprint density at radius 1 is 1.28 bits per heavy atom. The molecule has 0 aromatic carbocycles. The second-order valence-electron chi connectivity index (χ2n) is 3.27. The van der Waals surface area contributed by atoms with Gasteiger partial charge >= 0.3 is 18.1 Å². The second kappa shape index (κ2) is 6.23. The Balaban J connectivity index is 5.64. The van der Waals surface area contributed by atoms with Gasteiger partial charge in [-0.15, -0.1) is 0 Å². The third kappa shape index (κ3) is 2.91. The first-order valence-corrected chi connectivity index (χ1v) is 4.97. The van der Waals surface area contributed by atoms with Gasteiger partial charge in [-0.05, 0) is 13.3 Å². The highest BCUT2D eigenvalue weighted by Gasteiger charge is 2.67. The maximum atomic E-state index is 13.0. The molecule has 0 aliphatic rings. The lowest BCUT2D eigenvalue weighted by Gasteiger charge is -2.29. The van der Waals surface area contributed by atoms with Crippen molar-refractivity contribution in [3.8, 4) is 6.07 Å². The third-order valence-corrected chi connectivity index (χ3v) is 2.25. The van der Waals surface area contributed by atoms with Gasteiger partial charge in [-0.2, -0.15) is 18.4 Å². The van der Waals surface area contributed by atoms with Crippen molar-refractivity contribution in [2.45, 2.75) is 25.9 Å². The maximum absolute atomic E-state index is 13.0. The SMILES string of the molecule is CCOC(=O)C(CCC#N)(C(=O)OC)C(F)(F)F. The summed E-state index contributed by atoms with van der Waals surface area (Å²) in [6.07, 6.45) is -6.85. The number of hydrogen-bond donors (Lipinski definition) is 0. The predicted molar refractivity (Wildman–Crippen MR) is 52.0 cm³/mol. The molecule has 0 aromatic heterocycles. The van der Waals surface area contributed by atoms with Crippen molar-refractivity contribution in [1.29, 1.82) is 5.26 Å². The van der Waals surface area contributed by atoms with Crippen molar-refractivity contribution >= 4 is 11.9 Å². The lowest BCUT2D eigenvalue weighted by molar-refractivity contribution is -0.240. The van der Waals surface area contributed by atoms with Crippen LogP contribution in [-0.2, 0) is 19.1 Å². The minimum absolute atomic E-state index is 0.319. The Labute approximate surface area is 101 Å². The summed E-state index contributed by atoms with van der Waals surface area (Å²) < 4.78 is 47.3. The van der Waals surface area contributed by atoms with Gasteiger partial charge < -0.3 is 9.47 Å². The van der Waals surface area contributed by atoms with E-state index in [4.69, 9.17) is 5.26 Å². The van der Waals surface area contributed by atoms with E-state index in [0.717, 1.165) is 7.11 Å². The fourth-order valence-corrected chi connectivity index (χ4v) is 1.33. The van der Waals surface area contributed by atoms with E-state index in [-0.39, 0.29) is 6.61 Å². The topological polar surface area (TPSA) is 76.4 Å². The number of carbonyl (C=O) groups excluding carboxylic acids is 2. The fraction of sp³-hybridized carbons (Fsp3) is 0.700. The molecule has 0 aliphatic carbocycles. The molecule has 0 spiro atoms. The van der Waals surface area contributed by atoms with Crippen LogP contribution in [0.3, 0.4) is 0 Å². The molecule has 0 amide bonds. The molecule has 1 unspecified atom stereocenters. The zero-order chi connectivity index (χ0) is 14.4. The van der Waals surface area contributed by atoms with Gasteiger partial charge in [0.15, 0.2) is 0 Å². The van der Waals surface area contributed by atoms with Crippen molar-refractivity contribution in [1.82, 2.24) is 0 Å². The Bertz CT molecular complexity index is 361. The Kier molecular flexibility index (Phi) is 5.62. The third-order valence-electron chi connectivity index (χ3n) is 2.25. The fourth-order valence-electron chi connectivity index (χ4n) is 1.33. The first-order valence-electron chi connectivity index (χ1n) is 4.97. The average molecular weight is 267 g/mol. The molecule has 102 valence electrons. The first kappa shape index (κ1) is 16.2. The molecule has 0 aromatic rings. The van der Waals surface area contributed by atoms with E-state index < -0.39 is 36.4 Å². The molecular weight excluding hydrogens is 255 g/mol. The lowest BCUT2D eigenvalue weighted by Crippen LogP contribution is -2.52. The Hall–Kier alpha value is -1.78. The van der Waals surface area contributed by atoms with Crippen molar-refractivity contribution in [3.05, 3.63) is 0 Å². The summed E-state index contributed by atoms with van der Waals surface area (Å²) in [6, 6.07) is 1.46. The number of rotatable bonds is 5. The second-order valence-corrected chi connectivity index (χ2v) is 3.27. The summed E-state index contributed by atoms with van der Waals surface area (Å²) in [4.78, 5) is 22.8. The van der Waals surface area contributed by atoms with E-state index in [2.05, 4.69) is 9.47 Å². The number of halogens is 3. The summed E-state index contributed by atoms with van der Waals surface area (Å²) in [5, 5.41) is 8.34. The summed E-state index contributed by atoms with van der Waals surface area (Å²) in [5.74, 6) is -3.52. The van der Waals surface area contributed by atoms with Gasteiger partial charge in [-0.1, -0.05) is 0 Å². The molecule has 8 heteroatoms. The van der Waals surface area contributed by atoms with Gasteiger partial charge in [-0.25, -0.2) is 0 Å². The summed E-state index contributed by atoms with van der Waals surface area (Å²) in [5.41, 5.74) is -3.44. The molecule has 5 nitrogen and oxygen atoms in total. The normalized spacial score (nSPS) is 14.2. The van der Waals surface area contributed by atoms with Crippen LogP contribution >= 0.6 is 0 Å². The van der Waals surface area contributed by atoms with Crippen LogP contribution in [0.4, 0.5) is 13.2 Å². The number of hydrogen-bond acceptors (Lipinski definition) is 5. The van der Waals surface area contributed by atoms with Crippen LogP contribution in [0.1, 0.15) is 19.8 Å². The van der Waals surface area contributed by atoms with E-state index in [9.17, 15) is 22.8 Å². The van der Waals surface area contributed by atoms with Crippen LogP contribution in [0.15, 0.2) is 0 Å². The molecule has 0 aliphatic heterocycles. The van der Waals surface area contributed by atoms with Gasteiger partial charge in [0.05, 0.1) is 19.8 Å². The van der Waals surface area contributed by atoms with E-state index >= 15 is 0 Å². The summed E-state index contributed by atoms with van der Waals surface area (Å²) >= 11 is 0. The number of methoxy groups -OCH3 is 1. The van der Waals surface area contributed by atoms with Crippen molar-refractivity contribution in [2.24, 2.45) is 5.41 Å². The molecule has 0 saturated heterocycles. The monoisotopic (exact) mass is 267 g/mol. The molecule has 18 heavy (non-hydrogen) atoms. The van der Waals surface area contributed by atoms with Crippen LogP contribution in [0.5, 0.6) is 0 Å². The maximum Gasteiger partial charge on any atom is 0.415 e. The summed E-state index contributed by atoms with van der Waals surface area (Å²) in [7, 11) is 0.731. The largest absolute Gasteiger partial charge is 0.468 e. The molecular formula is C10H12F3NO4. The molecule has 0 rings (SSSR count). The smallest absolute Gasteiger partial charge is 0.415 e.